The fraction of sp³-hybridized carbons (Fsp3) is 0.688. The Bertz CT molecular complexity index is 647. The molecule has 0 aromatic heterocycles. The molecule has 0 radical (unpaired) electrons. The molecule has 0 aliphatic carbocycles. The van der Waals surface area contributed by atoms with E-state index < -0.39 is 95.4 Å². The van der Waals surface area contributed by atoms with Gasteiger partial charge in [0.2, 0.25) is 0 Å². The average Bonchev–Trinajstić information content (AvgIpc) is 2.78. The molecule has 1 aliphatic rings. The van der Waals surface area contributed by atoms with E-state index in [0.29, 0.717) is 6.29 Å². The molecule has 1 heterocycles. The van der Waals surface area contributed by atoms with Crippen molar-refractivity contribution in [2.45, 2.75) is 58.3 Å². The van der Waals surface area contributed by atoms with Crippen LogP contribution in [0.25, 0.3) is 0 Å². The van der Waals surface area contributed by atoms with Crippen molar-refractivity contribution in [1.82, 2.24) is 0 Å². The van der Waals surface area contributed by atoms with Gasteiger partial charge in [0.15, 0.2) is 24.6 Å². The Hall–Kier alpha value is -2.53. The van der Waals surface area contributed by atoms with Gasteiger partial charge in [-0.3, -0.25) is 19.2 Å². The summed E-state index contributed by atoms with van der Waals surface area (Å²) in [6.07, 6.45) is -7.45. The molecule has 0 aromatic carbocycles. The lowest BCUT2D eigenvalue weighted by atomic mass is 9.98. The maximum Gasteiger partial charge on any atom is 0.303 e. The zero-order chi connectivity index (χ0) is 23.4. The van der Waals surface area contributed by atoms with Crippen molar-refractivity contribution in [3.63, 3.8) is 0 Å². The van der Waals surface area contributed by atoms with Crippen LogP contribution in [0.15, 0.2) is 0 Å². The molecule has 5 atom stereocenters. The number of hydrogen-bond acceptors (Lipinski definition) is 11. The van der Waals surface area contributed by atoms with Crippen molar-refractivity contribution in [3.05, 3.63) is 0 Å². The molecule has 27 heavy (non-hydrogen) atoms. The van der Waals surface area contributed by atoms with E-state index in [4.69, 9.17) is 33.9 Å². The molecular formula is C16H22O11. The predicted molar refractivity (Wildman–Crippen MR) is 84.0 cm³/mol. The first-order valence-corrected chi connectivity index (χ1v) is 7.42. The Morgan fingerprint density at radius 3 is 2.00 bits per heavy atom. The van der Waals surface area contributed by atoms with Gasteiger partial charge in [-0.1, -0.05) is 0 Å². The molecule has 152 valence electrons. The van der Waals surface area contributed by atoms with Gasteiger partial charge in [-0.15, -0.1) is 0 Å². The van der Waals surface area contributed by atoms with Crippen LogP contribution in [0.5, 0.6) is 0 Å². The highest BCUT2D eigenvalue weighted by Gasteiger charge is 2.52. The van der Waals surface area contributed by atoms with E-state index in [-0.39, 0.29) is 0 Å². The van der Waals surface area contributed by atoms with Crippen LogP contribution >= 0.6 is 0 Å². The minimum atomic E-state index is -1.64. The number of esters is 4. The molecule has 0 amide bonds. The second kappa shape index (κ2) is 10.6. The zero-order valence-corrected chi connectivity index (χ0v) is 14.2. The first-order valence-electron chi connectivity index (χ1n) is 10.3. The largest absolute Gasteiger partial charge is 0.463 e. The maximum absolute atomic E-state index is 11.8. The van der Waals surface area contributed by atoms with Gasteiger partial charge >= 0.3 is 23.9 Å². The van der Waals surface area contributed by atoms with Crippen LogP contribution in [0.3, 0.4) is 0 Å². The first-order chi connectivity index (χ1) is 14.8. The Kier molecular flexibility index (Phi) is 6.52. The van der Waals surface area contributed by atoms with E-state index in [0.717, 1.165) is 0 Å². The molecule has 1 saturated heterocycles. The smallest absolute Gasteiger partial charge is 0.303 e. The van der Waals surface area contributed by atoms with Gasteiger partial charge in [0.05, 0.1) is 0 Å². The second-order valence-corrected chi connectivity index (χ2v) is 5.09. The Labute approximate surface area is 160 Å². The summed E-state index contributed by atoms with van der Waals surface area (Å²) in [4.78, 5) is 57.4. The van der Waals surface area contributed by atoms with Gasteiger partial charge in [-0.05, 0) is 0 Å². The van der Waals surface area contributed by atoms with Crippen molar-refractivity contribution < 1.29 is 57.9 Å². The van der Waals surface area contributed by atoms with Crippen molar-refractivity contribution in [2.24, 2.45) is 0 Å². The van der Waals surface area contributed by atoms with Crippen molar-refractivity contribution in [3.8, 4) is 0 Å². The van der Waals surface area contributed by atoms with Crippen LogP contribution in [0, 0.1) is 0 Å². The lowest BCUT2D eigenvalue weighted by Gasteiger charge is -2.43. The number of carbonyl (C=O) groups is 5. The summed E-state index contributed by atoms with van der Waals surface area (Å²) < 4.78 is 59.1. The van der Waals surface area contributed by atoms with Gasteiger partial charge in [0, 0.05) is 33.1 Å². The van der Waals surface area contributed by atoms with Crippen molar-refractivity contribution in [2.75, 3.05) is 13.2 Å². The topological polar surface area (TPSA) is 141 Å². The normalized spacial score (nSPS) is 29.1. The Morgan fingerprint density at radius 2 is 1.44 bits per heavy atom. The van der Waals surface area contributed by atoms with E-state index in [1.807, 2.05) is 0 Å². The van der Waals surface area contributed by atoms with E-state index in [1.54, 1.807) is 0 Å². The van der Waals surface area contributed by atoms with Gasteiger partial charge in [-0.25, -0.2) is 0 Å². The van der Waals surface area contributed by atoms with Crippen molar-refractivity contribution >= 4 is 30.2 Å². The monoisotopic (exact) mass is 394 g/mol. The molecule has 1 rings (SSSR count). The zero-order valence-electron chi connectivity index (χ0n) is 18.2. The highest BCUT2D eigenvalue weighted by atomic mass is 16.7. The van der Waals surface area contributed by atoms with Crippen LogP contribution in [-0.4, -0.2) is 74.1 Å². The van der Waals surface area contributed by atoms with Gasteiger partial charge in [-0.2, -0.15) is 0 Å². The van der Waals surface area contributed by atoms with Crippen LogP contribution in [0.4, 0.5) is 0 Å². The predicted octanol–water partition coefficient (Wildman–Crippen LogP) is -0.715. The van der Waals surface area contributed by atoms with E-state index in [9.17, 15) is 24.0 Å². The van der Waals surface area contributed by atoms with E-state index >= 15 is 0 Å². The summed E-state index contributed by atoms with van der Waals surface area (Å²) in [6.45, 7) is -4.41. The minimum absolute atomic E-state index is 0.346. The molecule has 0 aromatic rings. The first kappa shape index (κ1) is 16.6. The summed E-state index contributed by atoms with van der Waals surface area (Å²) in [6, 6.07) is 0. The molecule has 0 N–H and O–H groups in total. The number of rotatable bonds is 8. The molecule has 11 nitrogen and oxygen atoms in total. The quantitative estimate of drug-likeness (QED) is 0.293. The highest BCUT2D eigenvalue weighted by Crippen LogP contribution is 2.29. The highest BCUT2D eigenvalue weighted by molar-refractivity contribution is 5.68. The second-order valence-electron chi connectivity index (χ2n) is 5.09. The molecule has 11 heteroatoms. The van der Waals surface area contributed by atoms with Crippen LogP contribution in [-0.2, 0) is 52.4 Å². The molecule has 1 unspecified atom stereocenters. The number of ether oxygens (including phenoxy) is 6. The molecule has 0 bridgehead atoms. The van der Waals surface area contributed by atoms with Crippen molar-refractivity contribution in [1.29, 1.82) is 0 Å². The lowest BCUT2D eigenvalue weighted by Crippen LogP contribution is -2.63. The van der Waals surface area contributed by atoms with Gasteiger partial charge in [0.25, 0.3) is 0 Å². The average molecular weight is 394 g/mol. The summed E-state index contributed by atoms with van der Waals surface area (Å²) in [5.41, 5.74) is 0. The third-order valence-electron chi connectivity index (χ3n) is 3.13. The van der Waals surface area contributed by atoms with Gasteiger partial charge in [0.1, 0.15) is 25.6 Å². The third kappa shape index (κ3) is 7.31. The number of aldehydes is 1. The fourth-order valence-electron chi connectivity index (χ4n) is 2.31. The summed E-state index contributed by atoms with van der Waals surface area (Å²) in [7, 11) is 0. The molecular weight excluding hydrogens is 368 g/mol. The SMILES string of the molecule is [2H]CC(=O)OC[C@H]1OC(OCC=O)[C@@H](OC(=O)C[2H])[C@@H](OC(=O)C[2H])[C@@H]1OC(=O)C[2H]. The molecule has 1 aliphatic heterocycles. The minimum Gasteiger partial charge on any atom is -0.463 e. The fourth-order valence-corrected chi connectivity index (χ4v) is 2.31. The lowest BCUT2D eigenvalue weighted by molar-refractivity contribution is -0.305. The van der Waals surface area contributed by atoms with Crippen LogP contribution < -0.4 is 0 Å². The Balaban J connectivity index is 3.34. The van der Waals surface area contributed by atoms with Gasteiger partial charge < -0.3 is 33.2 Å². The number of hydrogen-bond donors (Lipinski definition) is 0. The summed E-state index contributed by atoms with van der Waals surface area (Å²) in [5.74, 6) is -4.25. The molecule has 0 spiro atoms. The number of carbonyl (C=O) groups excluding carboxylic acids is 5. The summed E-state index contributed by atoms with van der Waals surface area (Å²) >= 11 is 0. The molecule has 0 saturated carbocycles. The standard InChI is InChI=1S/C16H22O11/c1-8(18)23-7-12-13(24-9(2)19)14(25-10(3)20)15(26-11(4)21)16(27-12)22-6-5-17/h5,12-16H,6-7H2,1-4H3/t12-,13-,14+,15+,16?/m1/s1/i1D,2D,3D,4D. The Morgan fingerprint density at radius 1 is 0.889 bits per heavy atom. The maximum atomic E-state index is 11.8. The van der Waals surface area contributed by atoms with E-state index in [1.165, 1.54) is 0 Å². The van der Waals surface area contributed by atoms with Crippen LogP contribution in [0.2, 0.25) is 0 Å². The van der Waals surface area contributed by atoms with Crippen LogP contribution in [0.1, 0.15) is 33.1 Å². The molecule has 1 fully saturated rings. The third-order valence-corrected chi connectivity index (χ3v) is 3.13. The van der Waals surface area contributed by atoms with E-state index in [2.05, 4.69) is 0 Å². The summed E-state index contributed by atoms with van der Waals surface area (Å²) in [5, 5.41) is 0.